The SMILES string of the molecule is O=Cc1ccc(N2CCCC2CO)c(Cl)c1. The molecule has 3 nitrogen and oxygen atoms in total. The van der Waals surface area contributed by atoms with Crippen LogP contribution in [0.5, 0.6) is 0 Å². The van der Waals surface area contributed by atoms with E-state index in [0.29, 0.717) is 10.6 Å². The van der Waals surface area contributed by atoms with E-state index in [1.165, 1.54) is 0 Å². The molecule has 1 atom stereocenters. The predicted molar refractivity (Wildman–Crippen MR) is 64.3 cm³/mol. The number of rotatable bonds is 3. The lowest BCUT2D eigenvalue weighted by atomic mass is 10.2. The van der Waals surface area contributed by atoms with Crippen LogP contribution in [0.1, 0.15) is 23.2 Å². The van der Waals surface area contributed by atoms with Crippen LogP contribution in [0.25, 0.3) is 0 Å². The zero-order valence-corrected chi connectivity index (χ0v) is 9.65. The van der Waals surface area contributed by atoms with Crippen LogP contribution in [0.3, 0.4) is 0 Å². The average molecular weight is 240 g/mol. The predicted octanol–water partition coefficient (Wildman–Crippen LogP) is 2.11. The number of benzene rings is 1. The van der Waals surface area contributed by atoms with Crippen molar-refractivity contribution in [3.63, 3.8) is 0 Å². The highest BCUT2D eigenvalue weighted by Gasteiger charge is 2.25. The Kier molecular flexibility index (Phi) is 3.46. The minimum atomic E-state index is 0.145. The van der Waals surface area contributed by atoms with Gasteiger partial charge in [-0.25, -0.2) is 0 Å². The largest absolute Gasteiger partial charge is 0.394 e. The van der Waals surface area contributed by atoms with Gasteiger partial charge < -0.3 is 10.0 Å². The molecule has 0 bridgehead atoms. The fourth-order valence-corrected chi connectivity index (χ4v) is 2.47. The molecule has 1 unspecified atom stereocenters. The number of carbonyl (C=O) groups is 1. The molecule has 0 spiro atoms. The molecule has 1 heterocycles. The molecular formula is C12H14ClNO2. The highest BCUT2D eigenvalue weighted by atomic mass is 35.5. The molecule has 0 radical (unpaired) electrons. The molecule has 0 amide bonds. The van der Waals surface area contributed by atoms with E-state index in [2.05, 4.69) is 4.90 Å². The van der Waals surface area contributed by atoms with E-state index in [-0.39, 0.29) is 12.6 Å². The number of aldehydes is 1. The molecule has 1 aromatic rings. The molecule has 86 valence electrons. The maximum atomic E-state index is 10.6. The number of hydrogen-bond acceptors (Lipinski definition) is 3. The van der Waals surface area contributed by atoms with Gasteiger partial charge in [0.15, 0.2) is 0 Å². The van der Waals surface area contributed by atoms with Crippen molar-refractivity contribution in [2.24, 2.45) is 0 Å². The lowest BCUT2D eigenvalue weighted by molar-refractivity contribution is 0.112. The summed E-state index contributed by atoms with van der Waals surface area (Å²) < 4.78 is 0. The first-order chi connectivity index (χ1) is 7.76. The molecule has 1 aromatic carbocycles. The smallest absolute Gasteiger partial charge is 0.150 e. The van der Waals surface area contributed by atoms with E-state index in [9.17, 15) is 9.90 Å². The van der Waals surface area contributed by atoms with E-state index in [1.54, 1.807) is 12.1 Å². The van der Waals surface area contributed by atoms with Crippen LogP contribution in [0.15, 0.2) is 18.2 Å². The molecule has 0 aliphatic carbocycles. The maximum Gasteiger partial charge on any atom is 0.150 e. The molecule has 1 aliphatic heterocycles. The van der Waals surface area contributed by atoms with Crippen molar-refractivity contribution in [1.82, 2.24) is 0 Å². The third kappa shape index (κ3) is 2.06. The third-order valence-corrected chi connectivity index (χ3v) is 3.31. The van der Waals surface area contributed by atoms with E-state index in [0.717, 1.165) is 31.4 Å². The second kappa shape index (κ2) is 4.85. The number of aliphatic hydroxyl groups is 1. The zero-order chi connectivity index (χ0) is 11.5. The molecule has 16 heavy (non-hydrogen) atoms. The summed E-state index contributed by atoms with van der Waals surface area (Å²) in [5, 5.41) is 9.82. The van der Waals surface area contributed by atoms with Gasteiger partial charge in [0, 0.05) is 12.1 Å². The Morgan fingerprint density at radius 3 is 3.00 bits per heavy atom. The Hall–Kier alpha value is -1.06. The first kappa shape index (κ1) is 11.4. The van der Waals surface area contributed by atoms with Crippen LogP contribution in [-0.2, 0) is 0 Å². The first-order valence-electron chi connectivity index (χ1n) is 5.38. The Bertz CT molecular complexity index is 395. The number of hydrogen-bond donors (Lipinski definition) is 1. The van der Waals surface area contributed by atoms with Crippen LogP contribution >= 0.6 is 11.6 Å². The van der Waals surface area contributed by atoms with Crippen LogP contribution in [0, 0.1) is 0 Å². The van der Waals surface area contributed by atoms with Gasteiger partial charge >= 0.3 is 0 Å². The number of carbonyl (C=O) groups excluding carboxylic acids is 1. The molecule has 0 aromatic heterocycles. The summed E-state index contributed by atoms with van der Waals surface area (Å²) in [5.74, 6) is 0. The van der Waals surface area contributed by atoms with Crippen LogP contribution < -0.4 is 4.90 Å². The molecule has 1 saturated heterocycles. The van der Waals surface area contributed by atoms with E-state index >= 15 is 0 Å². The molecular weight excluding hydrogens is 226 g/mol. The number of halogens is 1. The van der Waals surface area contributed by atoms with Crippen LogP contribution in [0.4, 0.5) is 5.69 Å². The molecule has 2 rings (SSSR count). The van der Waals surface area contributed by atoms with Crippen molar-refractivity contribution in [2.75, 3.05) is 18.1 Å². The summed E-state index contributed by atoms with van der Waals surface area (Å²) in [4.78, 5) is 12.7. The van der Waals surface area contributed by atoms with Crippen molar-refractivity contribution in [1.29, 1.82) is 0 Å². The summed E-state index contributed by atoms with van der Waals surface area (Å²) in [6.07, 6.45) is 2.84. The van der Waals surface area contributed by atoms with Crippen molar-refractivity contribution in [3.05, 3.63) is 28.8 Å². The monoisotopic (exact) mass is 239 g/mol. The summed E-state index contributed by atoms with van der Waals surface area (Å²) >= 11 is 6.13. The van der Waals surface area contributed by atoms with Crippen molar-refractivity contribution >= 4 is 23.6 Å². The highest BCUT2D eigenvalue weighted by Crippen LogP contribution is 2.32. The average Bonchev–Trinajstić information content (AvgIpc) is 2.76. The quantitative estimate of drug-likeness (QED) is 0.822. The first-order valence-corrected chi connectivity index (χ1v) is 5.76. The van der Waals surface area contributed by atoms with Crippen molar-refractivity contribution < 1.29 is 9.90 Å². The Labute approximate surface area is 99.6 Å². The molecule has 1 fully saturated rings. The molecule has 0 saturated carbocycles. The van der Waals surface area contributed by atoms with E-state index in [4.69, 9.17) is 11.6 Å². The molecule has 1 N–H and O–H groups in total. The van der Waals surface area contributed by atoms with Crippen molar-refractivity contribution in [2.45, 2.75) is 18.9 Å². The third-order valence-electron chi connectivity index (χ3n) is 3.01. The highest BCUT2D eigenvalue weighted by molar-refractivity contribution is 6.33. The maximum absolute atomic E-state index is 10.6. The van der Waals surface area contributed by atoms with Gasteiger partial charge in [0.2, 0.25) is 0 Å². The second-order valence-electron chi connectivity index (χ2n) is 4.00. The van der Waals surface area contributed by atoms with Gasteiger partial charge in [0.1, 0.15) is 6.29 Å². The lowest BCUT2D eigenvalue weighted by Crippen LogP contribution is -2.32. The fourth-order valence-electron chi connectivity index (χ4n) is 2.17. The number of anilines is 1. The Morgan fingerprint density at radius 2 is 2.38 bits per heavy atom. The minimum absolute atomic E-state index is 0.145. The number of aliphatic hydroxyl groups excluding tert-OH is 1. The van der Waals surface area contributed by atoms with Crippen molar-refractivity contribution in [3.8, 4) is 0 Å². The molecule has 4 heteroatoms. The normalized spacial score (nSPS) is 20.1. The van der Waals surface area contributed by atoms with Gasteiger partial charge in [-0.3, -0.25) is 4.79 Å². The van der Waals surface area contributed by atoms with Crippen LogP contribution in [0.2, 0.25) is 5.02 Å². The standard InChI is InChI=1S/C12H14ClNO2/c13-11-6-9(7-15)3-4-12(11)14-5-1-2-10(14)8-16/h3-4,6-7,10,16H,1-2,5,8H2. The van der Waals surface area contributed by atoms with E-state index in [1.807, 2.05) is 6.07 Å². The van der Waals surface area contributed by atoms with Gasteiger partial charge in [0.25, 0.3) is 0 Å². The number of nitrogens with zero attached hydrogens (tertiary/aromatic N) is 1. The molecule has 1 aliphatic rings. The van der Waals surface area contributed by atoms with Gasteiger partial charge in [-0.2, -0.15) is 0 Å². The fraction of sp³-hybridized carbons (Fsp3) is 0.417. The minimum Gasteiger partial charge on any atom is -0.394 e. The second-order valence-corrected chi connectivity index (χ2v) is 4.41. The van der Waals surface area contributed by atoms with Gasteiger partial charge in [0.05, 0.1) is 23.4 Å². The Balaban J connectivity index is 2.29. The summed E-state index contributed by atoms with van der Waals surface area (Å²) in [7, 11) is 0. The lowest BCUT2D eigenvalue weighted by Gasteiger charge is -2.26. The van der Waals surface area contributed by atoms with E-state index < -0.39 is 0 Å². The van der Waals surface area contributed by atoms with Gasteiger partial charge in [-0.05, 0) is 31.0 Å². The summed E-state index contributed by atoms with van der Waals surface area (Å²) in [5.41, 5.74) is 1.48. The summed E-state index contributed by atoms with van der Waals surface area (Å²) in [6.45, 7) is 1.05. The Morgan fingerprint density at radius 1 is 1.56 bits per heavy atom. The zero-order valence-electron chi connectivity index (χ0n) is 8.90. The summed E-state index contributed by atoms with van der Waals surface area (Å²) in [6, 6.07) is 5.41. The van der Waals surface area contributed by atoms with Gasteiger partial charge in [-0.1, -0.05) is 11.6 Å². The van der Waals surface area contributed by atoms with Crippen LogP contribution in [-0.4, -0.2) is 30.6 Å². The van der Waals surface area contributed by atoms with Gasteiger partial charge in [-0.15, -0.1) is 0 Å². The topological polar surface area (TPSA) is 40.5 Å².